The lowest BCUT2D eigenvalue weighted by Gasteiger charge is -2.45. The van der Waals surface area contributed by atoms with E-state index in [1.807, 2.05) is 11.8 Å². The van der Waals surface area contributed by atoms with Gasteiger partial charge in [-0.05, 0) is 43.0 Å². The number of hydrogen-bond acceptors (Lipinski definition) is 7. The molecule has 204 valence electrons. The quantitative estimate of drug-likeness (QED) is 0.375. The van der Waals surface area contributed by atoms with Crippen LogP contribution in [0.2, 0.25) is 0 Å². The van der Waals surface area contributed by atoms with E-state index >= 15 is 0 Å². The molecule has 0 bridgehead atoms. The Balaban J connectivity index is 1.80. The maximum atomic E-state index is 13.6. The highest BCUT2D eigenvalue weighted by atomic mass is 16.5. The van der Waals surface area contributed by atoms with Crippen LogP contribution in [-0.2, 0) is 16.2 Å². The van der Waals surface area contributed by atoms with Gasteiger partial charge in [-0.25, -0.2) is 0 Å². The van der Waals surface area contributed by atoms with Gasteiger partial charge in [0.05, 0.1) is 32.3 Å². The van der Waals surface area contributed by atoms with E-state index in [9.17, 15) is 24.9 Å². The molecule has 9 nitrogen and oxygen atoms in total. The fourth-order valence-corrected chi connectivity index (χ4v) is 6.02. The summed E-state index contributed by atoms with van der Waals surface area (Å²) >= 11 is 0. The van der Waals surface area contributed by atoms with Crippen molar-refractivity contribution in [2.24, 2.45) is 0 Å². The Kier molecular flexibility index (Phi) is 9.10. The van der Waals surface area contributed by atoms with E-state index in [4.69, 9.17) is 9.47 Å². The van der Waals surface area contributed by atoms with Gasteiger partial charge in [0, 0.05) is 30.1 Å². The number of aliphatic hydroxyl groups excluding tert-OH is 3. The smallest absolute Gasteiger partial charge is 0.247 e. The van der Waals surface area contributed by atoms with Crippen molar-refractivity contribution in [3.63, 3.8) is 0 Å². The maximum Gasteiger partial charge on any atom is 0.247 e. The number of ether oxygens (including phenoxy) is 2. The number of amides is 2. The summed E-state index contributed by atoms with van der Waals surface area (Å²) in [7, 11) is 1.50. The number of rotatable bonds is 10. The molecule has 9 heteroatoms. The first-order chi connectivity index (χ1) is 17.9. The van der Waals surface area contributed by atoms with E-state index in [0.717, 1.165) is 44.9 Å². The van der Waals surface area contributed by atoms with Gasteiger partial charge in [0.2, 0.25) is 11.8 Å². The van der Waals surface area contributed by atoms with Crippen LogP contribution >= 0.6 is 0 Å². The number of hydrogen-bond donors (Lipinski definition) is 4. The second-order valence-electron chi connectivity index (χ2n) is 10.2. The molecule has 2 aliphatic carbocycles. The molecule has 4 unspecified atom stereocenters. The Morgan fingerprint density at radius 3 is 2.59 bits per heavy atom. The van der Waals surface area contributed by atoms with Crippen molar-refractivity contribution >= 4 is 11.8 Å². The zero-order valence-corrected chi connectivity index (χ0v) is 21.8. The van der Waals surface area contributed by atoms with Gasteiger partial charge < -0.3 is 35.0 Å². The number of nitrogens with one attached hydrogen (secondary N) is 1. The zero-order chi connectivity index (χ0) is 26.5. The molecule has 4 atom stereocenters. The second kappa shape index (κ2) is 12.3. The lowest BCUT2D eigenvalue weighted by molar-refractivity contribution is -0.141. The van der Waals surface area contributed by atoms with Crippen molar-refractivity contribution in [1.29, 1.82) is 0 Å². The van der Waals surface area contributed by atoms with Gasteiger partial charge in [0.25, 0.3) is 0 Å². The molecular weight excluding hydrogens is 476 g/mol. The number of nitrogens with zero attached hydrogens (tertiary/aromatic N) is 1. The summed E-state index contributed by atoms with van der Waals surface area (Å²) < 4.78 is 11.8. The zero-order valence-electron chi connectivity index (χ0n) is 21.8. The molecule has 1 saturated carbocycles. The van der Waals surface area contributed by atoms with Crippen molar-refractivity contribution in [3.05, 3.63) is 34.9 Å². The molecule has 3 aliphatic rings. The number of methoxy groups -OCH3 is 1. The van der Waals surface area contributed by atoms with Gasteiger partial charge in [-0.15, -0.1) is 0 Å². The van der Waals surface area contributed by atoms with Crippen LogP contribution in [0.5, 0.6) is 11.5 Å². The minimum Gasteiger partial charge on any atom is -0.493 e. The minimum absolute atomic E-state index is 0.00776. The van der Waals surface area contributed by atoms with E-state index in [2.05, 4.69) is 5.32 Å². The lowest BCUT2D eigenvalue weighted by Crippen LogP contribution is -2.58. The number of fused-ring (bicyclic) bond motifs is 3. The molecule has 0 radical (unpaired) electrons. The molecule has 0 spiro atoms. The molecule has 4 N–H and O–H groups in total. The van der Waals surface area contributed by atoms with Gasteiger partial charge in [-0.2, -0.15) is 0 Å². The number of carbonyl (C=O) groups is 2. The number of benzene rings is 1. The molecule has 1 heterocycles. The normalized spacial score (nSPS) is 24.9. The van der Waals surface area contributed by atoms with Crippen molar-refractivity contribution in [3.8, 4) is 11.5 Å². The van der Waals surface area contributed by atoms with Gasteiger partial charge in [0.1, 0.15) is 12.2 Å². The topological polar surface area (TPSA) is 129 Å². The second-order valence-corrected chi connectivity index (χ2v) is 10.2. The first-order valence-corrected chi connectivity index (χ1v) is 13.5. The molecule has 0 aromatic heterocycles. The SMILES string of the molecule is CCCCC(=O)N(C1CCCCC1)C1C=C(C(=O)NCCO)C2c3cc(CO)cc(OC)c3OC2C1O. The van der Waals surface area contributed by atoms with Crippen LogP contribution < -0.4 is 14.8 Å². The molecule has 0 saturated heterocycles. The van der Waals surface area contributed by atoms with E-state index in [-0.39, 0.29) is 37.6 Å². The first kappa shape index (κ1) is 27.4. The molecule has 1 fully saturated rings. The number of unbranched alkanes of at least 4 members (excludes halogenated alkanes) is 1. The van der Waals surface area contributed by atoms with Crippen molar-refractivity contribution in [1.82, 2.24) is 10.2 Å². The predicted octanol–water partition coefficient (Wildman–Crippen LogP) is 2.16. The fourth-order valence-electron chi connectivity index (χ4n) is 6.02. The third-order valence-electron chi connectivity index (χ3n) is 7.82. The van der Waals surface area contributed by atoms with Gasteiger partial charge >= 0.3 is 0 Å². The highest BCUT2D eigenvalue weighted by molar-refractivity contribution is 5.96. The highest BCUT2D eigenvalue weighted by Crippen LogP contribution is 2.51. The Hall–Kier alpha value is -2.62. The van der Waals surface area contributed by atoms with E-state index in [0.29, 0.717) is 34.6 Å². The van der Waals surface area contributed by atoms with Gasteiger partial charge in [-0.3, -0.25) is 9.59 Å². The molecule has 2 amide bonds. The van der Waals surface area contributed by atoms with Crippen LogP contribution in [-0.4, -0.2) is 76.6 Å². The largest absolute Gasteiger partial charge is 0.493 e. The summed E-state index contributed by atoms with van der Waals surface area (Å²) in [4.78, 5) is 28.8. The van der Waals surface area contributed by atoms with E-state index in [1.165, 1.54) is 7.11 Å². The van der Waals surface area contributed by atoms with Crippen LogP contribution in [0.4, 0.5) is 0 Å². The molecule has 4 rings (SSSR count). The van der Waals surface area contributed by atoms with Crippen LogP contribution in [0.1, 0.15) is 75.3 Å². The summed E-state index contributed by atoms with van der Waals surface area (Å²) in [5.41, 5.74) is 1.64. The summed E-state index contributed by atoms with van der Waals surface area (Å²) in [6.45, 7) is 1.69. The fraction of sp³-hybridized carbons (Fsp3) is 0.643. The average molecular weight is 517 g/mol. The summed E-state index contributed by atoms with van der Waals surface area (Å²) in [6, 6.07) is 2.72. The Labute approximate surface area is 218 Å². The Morgan fingerprint density at radius 1 is 1.19 bits per heavy atom. The summed E-state index contributed by atoms with van der Waals surface area (Å²) in [5, 5.41) is 33.6. The monoisotopic (exact) mass is 516 g/mol. The van der Waals surface area contributed by atoms with Gasteiger partial charge in [0.15, 0.2) is 11.5 Å². The standard InChI is InChI=1S/C28H40N2O7/c1-3-4-10-23(33)30(18-8-6-5-7-9-18)21-15-20(28(35)29-11-12-31)24-19-13-17(16-32)14-22(36-2)26(19)37-27(24)25(21)34/h13-15,18,21,24-25,27,31-32,34H,3-12,16H2,1-2H3,(H,29,35). The highest BCUT2D eigenvalue weighted by Gasteiger charge is 2.52. The number of aliphatic hydroxyl groups is 3. The summed E-state index contributed by atoms with van der Waals surface area (Å²) in [6.07, 6.45) is 6.78. The van der Waals surface area contributed by atoms with Crippen LogP contribution in [0.15, 0.2) is 23.8 Å². The predicted molar refractivity (Wildman–Crippen MR) is 137 cm³/mol. The van der Waals surface area contributed by atoms with Crippen molar-refractivity contribution in [2.75, 3.05) is 20.3 Å². The summed E-state index contributed by atoms with van der Waals surface area (Å²) in [5.74, 6) is -0.164. The Morgan fingerprint density at radius 2 is 1.95 bits per heavy atom. The van der Waals surface area contributed by atoms with Crippen molar-refractivity contribution < 1.29 is 34.4 Å². The third-order valence-corrected chi connectivity index (χ3v) is 7.82. The third kappa shape index (κ3) is 5.49. The lowest BCUT2D eigenvalue weighted by atomic mass is 9.76. The molecular formula is C28H40N2O7. The minimum atomic E-state index is -1.07. The molecule has 1 aliphatic heterocycles. The van der Waals surface area contributed by atoms with Crippen LogP contribution in [0.3, 0.4) is 0 Å². The number of carbonyl (C=O) groups excluding carboxylic acids is 2. The molecule has 1 aromatic rings. The molecule has 1 aromatic carbocycles. The average Bonchev–Trinajstić information content (AvgIpc) is 3.32. The van der Waals surface area contributed by atoms with Crippen LogP contribution in [0.25, 0.3) is 0 Å². The van der Waals surface area contributed by atoms with E-state index in [1.54, 1.807) is 18.2 Å². The van der Waals surface area contributed by atoms with Crippen molar-refractivity contribution in [2.45, 2.75) is 95.1 Å². The van der Waals surface area contributed by atoms with Crippen LogP contribution in [0, 0.1) is 0 Å². The maximum absolute atomic E-state index is 13.6. The first-order valence-electron chi connectivity index (χ1n) is 13.5. The molecule has 37 heavy (non-hydrogen) atoms. The van der Waals surface area contributed by atoms with Gasteiger partial charge in [-0.1, -0.05) is 32.6 Å². The Bertz CT molecular complexity index is 1000. The van der Waals surface area contributed by atoms with E-state index < -0.39 is 24.2 Å².